The molecule has 0 saturated heterocycles. The van der Waals surface area contributed by atoms with Crippen molar-refractivity contribution in [3.05, 3.63) is 99.0 Å². The number of aryl methyl sites for hydroxylation is 1. The van der Waals surface area contributed by atoms with Crippen LogP contribution in [0.25, 0.3) is 0 Å². The van der Waals surface area contributed by atoms with Crippen LogP contribution in [0.1, 0.15) is 35.1 Å². The minimum Gasteiger partial charge on any atom is -0.357 e. The van der Waals surface area contributed by atoms with Crippen molar-refractivity contribution in [2.75, 3.05) is 24.2 Å². The van der Waals surface area contributed by atoms with Crippen LogP contribution < -0.4 is 9.62 Å². The van der Waals surface area contributed by atoms with E-state index in [0.29, 0.717) is 22.2 Å². The summed E-state index contributed by atoms with van der Waals surface area (Å²) in [6.07, 6.45) is 1.78. The Kier molecular flexibility index (Phi) is 11.0. The first-order chi connectivity index (χ1) is 18.9. The van der Waals surface area contributed by atoms with Crippen LogP contribution in [0.15, 0.2) is 66.7 Å². The molecule has 0 radical (unpaired) electrons. The second-order valence-electron chi connectivity index (χ2n) is 9.75. The van der Waals surface area contributed by atoms with Gasteiger partial charge in [0.1, 0.15) is 6.04 Å². The van der Waals surface area contributed by atoms with E-state index in [1.54, 1.807) is 24.3 Å². The van der Waals surface area contributed by atoms with Gasteiger partial charge in [0.15, 0.2) is 0 Å². The lowest BCUT2D eigenvalue weighted by molar-refractivity contribution is -0.141. The van der Waals surface area contributed by atoms with Crippen LogP contribution in [0.3, 0.4) is 0 Å². The summed E-state index contributed by atoms with van der Waals surface area (Å²) in [5.74, 6) is -0.574. The van der Waals surface area contributed by atoms with E-state index >= 15 is 0 Å². The molecule has 0 aliphatic heterocycles. The fourth-order valence-electron chi connectivity index (χ4n) is 4.54. The van der Waals surface area contributed by atoms with Crippen LogP contribution in [0.2, 0.25) is 10.0 Å². The lowest BCUT2D eigenvalue weighted by atomic mass is 10.0. The van der Waals surface area contributed by atoms with Crippen LogP contribution >= 0.6 is 23.2 Å². The Bertz CT molecular complexity index is 1450. The van der Waals surface area contributed by atoms with Gasteiger partial charge in [-0.15, -0.1) is 0 Å². The standard InChI is InChI=1S/C30H35Cl2N3O4S/c1-21-10-8-13-27(22(21)2)35(40(4,38)39)17-9-14-29(36)34(20-24-15-16-25(31)26(32)18-24)28(30(37)33-3)19-23-11-6-5-7-12-23/h5-8,10-13,15-16,18,28H,9,14,17,19-20H2,1-4H3,(H,33,37)/t28-/m0/s1. The van der Waals surface area contributed by atoms with Gasteiger partial charge < -0.3 is 10.2 Å². The largest absolute Gasteiger partial charge is 0.357 e. The number of likely N-dealkylation sites (N-methyl/N-ethyl adjacent to an activating group) is 1. The number of amides is 2. The number of sulfonamides is 1. The lowest BCUT2D eigenvalue weighted by Crippen LogP contribution is -2.49. The maximum Gasteiger partial charge on any atom is 0.242 e. The quantitative estimate of drug-likeness (QED) is 0.294. The highest BCUT2D eigenvalue weighted by Gasteiger charge is 2.30. The number of benzene rings is 3. The molecule has 0 unspecified atom stereocenters. The van der Waals surface area contributed by atoms with Gasteiger partial charge in [-0.3, -0.25) is 13.9 Å². The third kappa shape index (κ3) is 8.22. The molecule has 0 spiro atoms. The number of rotatable bonds is 12. The highest BCUT2D eigenvalue weighted by molar-refractivity contribution is 7.92. The molecule has 7 nitrogen and oxygen atoms in total. The van der Waals surface area contributed by atoms with Crippen LogP contribution in [0.5, 0.6) is 0 Å². The molecule has 1 atom stereocenters. The maximum atomic E-state index is 13.8. The molecule has 214 valence electrons. The molecule has 3 rings (SSSR count). The van der Waals surface area contributed by atoms with Crippen molar-refractivity contribution in [3.63, 3.8) is 0 Å². The van der Waals surface area contributed by atoms with Crippen LogP contribution in [0.4, 0.5) is 5.69 Å². The second-order valence-corrected chi connectivity index (χ2v) is 12.5. The Hall–Kier alpha value is -3.07. The smallest absolute Gasteiger partial charge is 0.242 e. The zero-order chi connectivity index (χ0) is 29.4. The Morgan fingerprint density at radius 3 is 2.25 bits per heavy atom. The van der Waals surface area contributed by atoms with Crippen molar-refractivity contribution < 1.29 is 18.0 Å². The normalized spacial score (nSPS) is 12.1. The van der Waals surface area contributed by atoms with E-state index in [1.807, 2.05) is 56.3 Å². The molecule has 2 amide bonds. The average Bonchev–Trinajstić information content (AvgIpc) is 2.92. The molecular formula is C30H35Cl2N3O4S. The molecule has 0 aromatic heterocycles. The van der Waals surface area contributed by atoms with Gasteiger partial charge in [-0.25, -0.2) is 8.42 Å². The van der Waals surface area contributed by atoms with Crippen molar-refractivity contribution in [1.82, 2.24) is 10.2 Å². The Morgan fingerprint density at radius 1 is 0.925 bits per heavy atom. The summed E-state index contributed by atoms with van der Waals surface area (Å²) in [4.78, 5) is 28.4. The van der Waals surface area contributed by atoms with Gasteiger partial charge in [-0.1, -0.05) is 71.7 Å². The van der Waals surface area contributed by atoms with Crippen LogP contribution in [-0.4, -0.2) is 51.0 Å². The summed E-state index contributed by atoms with van der Waals surface area (Å²) in [6, 6.07) is 19.3. The fourth-order valence-corrected chi connectivity index (χ4v) is 5.88. The monoisotopic (exact) mass is 603 g/mol. The Balaban J connectivity index is 1.88. The van der Waals surface area contributed by atoms with Crippen molar-refractivity contribution in [3.8, 4) is 0 Å². The van der Waals surface area contributed by atoms with E-state index in [9.17, 15) is 18.0 Å². The number of nitrogens with zero attached hydrogens (tertiary/aromatic N) is 2. The molecule has 0 aliphatic rings. The summed E-state index contributed by atoms with van der Waals surface area (Å²) < 4.78 is 26.7. The number of nitrogens with one attached hydrogen (secondary N) is 1. The summed E-state index contributed by atoms with van der Waals surface area (Å²) in [5, 5.41) is 3.43. The highest BCUT2D eigenvalue weighted by atomic mass is 35.5. The van der Waals surface area contributed by atoms with Gasteiger partial charge in [0.25, 0.3) is 0 Å². The van der Waals surface area contributed by atoms with Gasteiger partial charge in [0.2, 0.25) is 21.8 Å². The minimum atomic E-state index is -3.59. The first kappa shape index (κ1) is 31.5. The zero-order valence-electron chi connectivity index (χ0n) is 23.2. The fraction of sp³-hybridized carbons (Fsp3) is 0.333. The molecule has 0 aliphatic carbocycles. The number of carbonyl (C=O) groups is 2. The van der Waals surface area contributed by atoms with Gasteiger partial charge in [0.05, 0.1) is 22.0 Å². The Labute approximate surface area is 247 Å². The topological polar surface area (TPSA) is 86.8 Å². The predicted octanol–water partition coefficient (Wildman–Crippen LogP) is 5.54. The summed E-state index contributed by atoms with van der Waals surface area (Å²) in [5.41, 5.74) is 4.06. The highest BCUT2D eigenvalue weighted by Crippen LogP contribution is 2.27. The van der Waals surface area contributed by atoms with Crippen molar-refractivity contribution in [2.45, 2.75) is 45.7 Å². The van der Waals surface area contributed by atoms with E-state index < -0.39 is 16.1 Å². The van der Waals surface area contributed by atoms with Gasteiger partial charge in [0, 0.05) is 33.0 Å². The van der Waals surface area contributed by atoms with Crippen molar-refractivity contribution >= 4 is 50.7 Å². The third-order valence-corrected chi connectivity index (χ3v) is 8.77. The molecule has 0 bridgehead atoms. The number of anilines is 1. The molecule has 10 heteroatoms. The molecule has 1 N–H and O–H groups in total. The summed E-state index contributed by atoms with van der Waals surface area (Å²) >= 11 is 12.3. The number of carbonyl (C=O) groups excluding carboxylic acids is 2. The van der Waals surface area contributed by atoms with E-state index in [-0.39, 0.29) is 37.7 Å². The minimum absolute atomic E-state index is 0.0422. The number of hydrogen-bond acceptors (Lipinski definition) is 4. The van der Waals surface area contributed by atoms with E-state index in [0.717, 1.165) is 28.5 Å². The number of hydrogen-bond donors (Lipinski definition) is 1. The maximum absolute atomic E-state index is 13.8. The molecule has 3 aromatic carbocycles. The first-order valence-corrected chi connectivity index (χ1v) is 15.6. The second kappa shape index (κ2) is 14.0. The van der Waals surface area contributed by atoms with Crippen molar-refractivity contribution in [1.29, 1.82) is 0 Å². The predicted molar refractivity (Wildman–Crippen MR) is 162 cm³/mol. The third-order valence-electron chi connectivity index (χ3n) is 6.85. The van der Waals surface area contributed by atoms with E-state index in [2.05, 4.69) is 5.32 Å². The van der Waals surface area contributed by atoms with Gasteiger partial charge >= 0.3 is 0 Å². The van der Waals surface area contributed by atoms with E-state index in [4.69, 9.17) is 23.2 Å². The summed E-state index contributed by atoms with van der Waals surface area (Å²) in [7, 11) is -2.05. The molecular weight excluding hydrogens is 569 g/mol. The molecule has 0 fully saturated rings. The van der Waals surface area contributed by atoms with Gasteiger partial charge in [-0.2, -0.15) is 0 Å². The molecule has 3 aromatic rings. The Morgan fingerprint density at radius 2 is 1.62 bits per heavy atom. The molecule has 0 saturated carbocycles. The van der Waals surface area contributed by atoms with Gasteiger partial charge in [-0.05, 0) is 60.7 Å². The van der Waals surface area contributed by atoms with Crippen LogP contribution in [0, 0.1) is 13.8 Å². The first-order valence-electron chi connectivity index (χ1n) is 12.9. The van der Waals surface area contributed by atoms with Crippen LogP contribution in [-0.2, 0) is 32.6 Å². The SMILES string of the molecule is CNC(=O)[C@H](Cc1ccccc1)N(Cc1ccc(Cl)c(Cl)c1)C(=O)CCCN(c1cccc(C)c1C)S(C)(=O)=O. The zero-order valence-corrected chi connectivity index (χ0v) is 25.5. The molecule has 0 heterocycles. The van der Waals surface area contributed by atoms with Crippen molar-refractivity contribution in [2.24, 2.45) is 0 Å². The summed E-state index contributed by atoms with van der Waals surface area (Å²) in [6.45, 7) is 4.06. The van der Waals surface area contributed by atoms with E-state index in [1.165, 1.54) is 16.3 Å². The average molecular weight is 605 g/mol. The lowest BCUT2D eigenvalue weighted by Gasteiger charge is -2.32. The molecule has 40 heavy (non-hydrogen) atoms. The number of halogens is 2.